The minimum atomic E-state index is -0.296. The van der Waals surface area contributed by atoms with Crippen LogP contribution >= 0.6 is 0 Å². The molecule has 6 nitrogen and oxygen atoms in total. The Kier molecular flexibility index (Phi) is 7.86. The largest absolute Gasteiger partial charge is 0.497 e. The van der Waals surface area contributed by atoms with Gasteiger partial charge in [-0.2, -0.15) is 0 Å². The van der Waals surface area contributed by atoms with Gasteiger partial charge in [-0.1, -0.05) is 54.6 Å². The molecule has 1 unspecified atom stereocenters. The number of hydrogen-bond acceptors (Lipinski definition) is 3. The van der Waals surface area contributed by atoms with E-state index in [4.69, 9.17) is 4.74 Å². The van der Waals surface area contributed by atoms with Crippen molar-refractivity contribution >= 4 is 11.9 Å². The molecule has 3 rings (SSSR count). The molecular weight excluding hydrogens is 402 g/mol. The lowest BCUT2D eigenvalue weighted by molar-refractivity contribution is 0.0943. The fraction of sp³-hybridized carbons (Fsp3) is 0.231. The molecule has 0 fully saturated rings. The number of benzene rings is 3. The first-order valence-corrected chi connectivity index (χ1v) is 10.6. The number of methoxy groups -OCH3 is 1. The molecule has 0 aliphatic carbocycles. The van der Waals surface area contributed by atoms with Crippen molar-refractivity contribution in [1.29, 1.82) is 0 Å². The Morgan fingerprint density at radius 3 is 2.03 bits per heavy atom. The van der Waals surface area contributed by atoms with E-state index in [0.29, 0.717) is 12.1 Å². The van der Waals surface area contributed by atoms with Gasteiger partial charge in [0.05, 0.1) is 13.2 Å². The van der Waals surface area contributed by atoms with Crippen molar-refractivity contribution in [3.8, 4) is 5.75 Å². The first-order chi connectivity index (χ1) is 15.5. The van der Waals surface area contributed by atoms with Gasteiger partial charge < -0.3 is 20.7 Å². The molecule has 0 spiro atoms. The maximum atomic E-state index is 13.0. The summed E-state index contributed by atoms with van der Waals surface area (Å²) in [6, 6.07) is 24.3. The molecule has 0 saturated heterocycles. The second-order valence-electron chi connectivity index (χ2n) is 7.77. The van der Waals surface area contributed by atoms with Crippen LogP contribution in [0.1, 0.15) is 46.9 Å². The number of nitrogens with one attached hydrogen (secondary N) is 3. The molecule has 166 valence electrons. The second kappa shape index (κ2) is 11.0. The van der Waals surface area contributed by atoms with Crippen LogP contribution in [-0.4, -0.2) is 25.1 Å². The van der Waals surface area contributed by atoms with Gasteiger partial charge in [0.25, 0.3) is 5.91 Å². The molecule has 0 bridgehead atoms. The lowest BCUT2D eigenvalue weighted by Crippen LogP contribution is -2.39. The van der Waals surface area contributed by atoms with E-state index in [2.05, 4.69) is 16.0 Å². The van der Waals surface area contributed by atoms with Crippen molar-refractivity contribution < 1.29 is 14.3 Å². The normalized spacial score (nSPS) is 11.5. The summed E-state index contributed by atoms with van der Waals surface area (Å²) >= 11 is 0. The molecule has 1 atom stereocenters. The third-order valence-corrected chi connectivity index (χ3v) is 4.95. The van der Waals surface area contributed by atoms with Crippen LogP contribution in [0.15, 0.2) is 78.9 Å². The fourth-order valence-electron chi connectivity index (χ4n) is 3.28. The van der Waals surface area contributed by atoms with Gasteiger partial charge in [-0.05, 0) is 54.8 Å². The zero-order valence-electron chi connectivity index (χ0n) is 18.6. The predicted octanol–water partition coefficient (Wildman–Crippen LogP) is 4.42. The first-order valence-electron chi connectivity index (χ1n) is 10.6. The van der Waals surface area contributed by atoms with E-state index in [0.717, 1.165) is 22.4 Å². The average Bonchev–Trinajstić information content (AvgIpc) is 2.81. The minimum absolute atomic E-state index is 0.0735. The zero-order chi connectivity index (χ0) is 22.9. The molecule has 0 saturated carbocycles. The van der Waals surface area contributed by atoms with Crippen LogP contribution in [0.2, 0.25) is 0 Å². The van der Waals surface area contributed by atoms with E-state index in [1.807, 2.05) is 80.6 Å². The lowest BCUT2D eigenvalue weighted by Gasteiger charge is -2.20. The van der Waals surface area contributed by atoms with E-state index >= 15 is 0 Å². The minimum Gasteiger partial charge on any atom is -0.497 e. The topological polar surface area (TPSA) is 79.5 Å². The summed E-state index contributed by atoms with van der Waals surface area (Å²) in [5, 5.41) is 8.72. The molecule has 32 heavy (non-hydrogen) atoms. The molecule has 3 aromatic rings. The molecule has 3 amide bonds. The highest BCUT2D eigenvalue weighted by molar-refractivity contribution is 5.94. The molecule has 0 radical (unpaired) electrons. The monoisotopic (exact) mass is 431 g/mol. The predicted molar refractivity (Wildman–Crippen MR) is 126 cm³/mol. The van der Waals surface area contributed by atoms with E-state index in [1.165, 1.54) is 0 Å². The van der Waals surface area contributed by atoms with Gasteiger partial charge in [0.1, 0.15) is 5.75 Å². The van der Waals surface area contributed by atoms with E-state index in [-0.39, 0.29) is 24.0 Å². The Morgan fingerprint density at radius 2 is 1.44 bits per heavy atom. The van der Waals surface area contributed by atoms with Crippen LogP contribution in [0.5, 0.6) is 5.75 Å². The SMILES string of the molecule is COc1ccc(C(NC(=O)c2ccc(CNC(=O)NC(C)C)cc2)c2ccccc2)cc1. The Balaban J connectivity index is 1.71. The highest BCUT2D eigenvalue weighted by atomic mass is 16.5. The molecule has 3 N–H and O–H groups in total. The van der Waals surface area contributed by atoms with E-state index in [9.17, 15) is 9.59 Å². The van der Waals surface area contributed by atoms with Gasteiger partial charge in [-0.25, -0.2) is 4.79 Å². The van der Waals surface area contributed by atoms with Crippen LogP contribution in [0, 0.1) is 0 Å². The quantitative estimate of drug-likeness (QED) is 0.494. The average molecular weight is 432 g/mol. The van der Waals surface area contributed by atoms with Gasteiger partial charge >= 0.3 is 6.03 Å². The summed E-state index contributed by atoms with van der Waals surface area (Å²) < 4.78 is 5.25. The summed E-state index contributed by atoms with van der Waals surface area (Å²) in [5.74, 6) is 0.588. The Labute approximate surface area is 189 Å². The summed E-state index contributed by atoms with van der Waals surface area (Å²) in [7, 11) is 1.63. The van der Waals surface area contributed by atoms with Crippen LogP contribution in [-0.2, 0) is 6.54 Å². The van der Waals surface area contributed by atoms with Crippen molar-refractivity contribution in [3.05, 3.63) is 101 Å². The third kappa shape index (κ3) is 6.35. The lowest BCUT2D eigenvalue weighted by atomic mass is 9.98. The maximum Gasteiger partial charge on any atom is 0.315 e. The van der Waals surface area contributed by atoms with Gasteiger partial charge in [0.2, 0.25) is 0 Å². The second-order valence-corrected chi connectivity index (χ2v) is 7.77. The molecule has 3 aromatic carbocycles. The van der Waals surface area contributed by atoms with E-state index in [1.54, 1.807) is 19.2 Å². The van der Waals surface area contributed by atoms with Gasteiger partial charge in [-0.3, -0.25) is 4.79 Å². The number of carbonyl (C=O) groups is 2. The number of urea groups is 1. The molecule has 0 aromatic heterocycles. The van der Waals surface area contributed by atoms with Crippen molar-refractivity contribution in [2.75, 3.05) is 7.11 Å². The van der Waals surface area contributed by atoms with Crippen molar-refractivity contribution in [2.45, 2.75) is 32.5 Å². The number of carbonyl (C=O) groups excluding carboxylic acids is 2. The summed E-state index contributed by atoms with van der Waals surface area (Å²) in [6.07, 6.45) is 0. The van der Waals surface area contributed by atoms with Gasteiger partial charge in [0, 0.05) is 18.2 Å². The van der Waals surface area contributed by atoms with Crippen LogP contribution < -0.4 is 20.7 Å². The number of hydrogen-bond donors (Lipinski definition) is 3. The summed E-state index contributed by atoms with van der Waals surface area (Å²) in [5.41, 5.74) is 3.41. The first kappa shape index (κ1) is 22.9. The highest BCUT2D eigenvalue weighted by Crippen LogP contribution is 2.24. The highest BCUT2D eigenvalue weighted by Gasteiger charge is 2.18. The van der Waals surface area contributed by atoms with Crippen LogP contribution in [0.4, 0.5) is 4.79 Å². The fourth-order valence-corrected chi connectivity index (χ4v) is 3.28. The number of amides is 3. The van der Waals surface area contributed by atoms with Crippen molar-refractivity contribution in [3.63, 3.8) is 0 Å². The number of ether oxygens (including phenoxy) is 1. The van der Waals surface area contributed by atoms with Gasteiger partial charge in [0.15, 0.2) is 0 Å². The smallest absolute Gasteiger partial charge is 0.315 e. The van der Waals surface area contributed by atoms with E-state index < -0.39 is 0 Å². The Bertz CT molecular complexity index is 1020. The molecule has 0 aliphatic rings. The maximum absolute atomic E-state index is 13.0. The summed E-state index contributed by atoms with van der Waals surface area (Å²) in [6.45, 7) is 4.20. The van der Waals surface area contributed by atoms with Crippen LogP contribution in [0.25, 0.3) is 0 Å². The molecular formula is C26H29N3O3. The number of rotatable bonds is 8. The summed E-state index contributed by atoms with van der Waals surface area (Å²) in [4.78, 5) is 24.7. The van der Waals surface area contributed by atoms with Crippen LogP contribution in [0.3, 0.4) is 0 Å². The standard InChI is InChI=1S/C26H29N3O3/c1-18(2)28-26(31)27-17-19-9-11-22(12-10-19)25(30)29-24(20-7-5-4-6-8-20)21-13-15-23(32-3)16-14-21/h4-16,18,24H,17H2,1-3H3,(H,29,30)(H2,27,28,31). The Hall–Kier alpha value is -3.80. The molecule has 6 heteroatoms. The third-order valence-electron chi connectivity index (χ3n) is 4.95. The zero-order valence-corrected chi connectivity index (χ0v) is 18.6. The molecule has 0 heterocycles. The van der Waals surface area contributed by atoms with Gasteiger partial charge in [-0.15, -0.1) is 0 Å². The molecule has 0 aliphatic heterocycles. The van der Waals surface area contributed by atoms with Crippen molar-refractivity contribution in [1.82, 2.24) is 16.0 Å². The van der Waals surface area contributed by atoms with Crippen molar-refractivity contribution in [2.24, 2.45) is 0 Å². The Morgan fingerprint density at radius 1 is 0.812 bits per heavy atom.